The zero-order valence-electron chi connectivity index (χ0n) is 16.4. The lowest BCUT2D eigenvalue weighted by atomic mass is 10.1. The lowest BCUT2D eigenvalue weighted by Crippen LogP contribution is -2.31. The van der Waals surface area contributed by atoms with Crippen LogP contribution in [0.25, 0.3) is 11.0 Å². The monoisotopic (exact) mass is 419 g/mol. The third-order valence-electron chi connectivity index (χ3n) is 5.02. The number of aryl methyl sites for hydroxylation is 2. The lowest BCUT2D eigenvalue weighted by Gasteiger charge is -2.18. The molecule has 4 rings (SSSR count). The van der Waals surface area contributed by atoms with Gasteiger partial charge in [0.1, 0.15) is 17.3 Å². The van der Waals surface area contributed by atoms with Gasteiger partial charge in [-0.05, 0) is 31.4 Å². The molecule has 1 saturated carbocycles. The van der Waals surface area contributed by atoms with Crippen LogP contribution in [0, 0.1) is 12.8 Å². The van der Waals surface area contributed by atoms with Gasteiger partial charge < -0.3 is 14.6 Å². The summed E-state index contributed by atoms with van der Waals surface area (Å²) >= 11 is 0. The molecule has 0 unspecified atom stereocenters. The number of hydrogen-bond donors (Lipinski definition) is 1. The van der Waals surface area contributed by atoms with E-state index < -0.39 is 12.4 Å². The highest BCUT2D eigenvalue weighted by molar-refractivity contribution is 5.92. The standard InChI is InChI=1S/C20H20F3N5O2/c1-11-9-25-16(10-24-11)19(29)27-15(7-12-3-4-12)18-26-14-8-13(30-20(21,22)23)5-6-17(14)28(18)2/h5-6,8-10,12,15H,3-4,7H2,1-2H3,(H,27,29)/t15-/m0/s1. The van der Waals surface area contributed by atoms with E-state index in [1.165, 1.54) is 30.6 Å². The Labute approximate surface area is 170 Å². The molecular weight excluding hydrogens is 399 g/mol. The van der Waals surface area contributed by atoms with Crippen LogP contribution >= 0.6 is 0 Å². The van der Waals surface area contributed by atoms with Crippen LogP contribution in [0.2, 0.25) is 0 Å². The third kappa shape index (κ3) is 4.52. The molecule has 1 atom stereocenters. The Morgan fingerprint density at radius 3 is 2.70 bits per heavy atom. The Hall–Kier alpha value is -3.17. The van der Waals surface area contributed by atoms with E-state index in [-0.39, 0.29) is 17.4 Å². The molecule has 158 valence electrons. The number of rotatable bonds is 6. The van der Waals surface area contributed by atoms with Crippen molar-refractivity contribution in [3.05, 3.63) is 47.8 Å². The summed E-state index contributed by atoms with van der Waals surface area (Å²) in [7, 11) is 1.77. The predicted octanol–water partition coefficient (Wildman–Crippen LogP) is 3.84. The van der Waals surface area contributed by atoms with Crippen molar-refractivity contribution < 1.29 is 22.7 Å². The van der Waals surface area contributed by atoms with Crippen molar-refractivity contribution in [2.24, 2.45) is 13.0 Å². The average Bonchev–Trinajstić information content (AvgIpc) is 3.43. The highest BCUT2D eigenvalue weighted by atomic mass is 19.4. The highest BCUT2D eigenvalue weighted by Gasteiger charge is 2.32. The molecule has 1 aliphatic carbocycles. The number of halogens is 3. The number of benzene rings is 1. The second-order valence-corrected chi connectivity index (χ2v) is 7.48. The van der Waals surface area contributed by atoms with Gasteiger partial charge in [0.15, 0.2) is 0 Å². The first-order valence-corrected chi connectivity index (χ1v) is 9.51. The van der Waals surface area contributed by atoms with Crippen molar-refractivity contribution in [3.63, 3.8) is 0 Å². The second kappa shape index (κ2) is 7.58. The first-order chi connectivity index (χ1) is 14.2. The van der Waals surface area contributed by atoms with Gasteiger partial charge in [0.05, 0.1) is 29.0 Å². The summed E-state index contributed by atoms with van der Waals surface area (Å²) in [5, 5.41) is 2.96. The van der Waals surface area contributed by atoms with Crippen LogP contribution in [-0.4, -0.2) is 31.8 Å². The second-order valence-electron chi connectivity index (χ2n) is 7.48. The van der Waals surface area contributed by atoms with E-state index in [9.17, 15) is 18.0 Å². The van der Waals surface area contributed by atoms with E-state index in [2.05, 4.69) is 25.0 Å². The van der Waals surface area contributed by atoms with E-state index in [1.54, 1.807) is 18.5 Å². The number of carbonyl (C=O) groups is 1. The minimum atomic E-state index is -4.77. The summed E-state index contributed by atoms with van der Waals surface area (Å²) in [6.07, 6.45) is 0.988. The zero-order chi connectivity index (χ0) is 21.5. The highest BCUT2D eigenvalue weighted by Crippen LogP contribution is 2.38. The minimum absolute atomic E-state index is 0.195. The van der Waals surface area contributed by atoms with Gasteiger partial charge in [0.2, 0.25) is 0 Å². The van der Waals surface area contributed by atoms with Gasteiger partial charge in [-0.3, -0.25) is 9.78 Å². The summed E-state index contributed by atoms with van der Waals surface area (Å²) < 4.78 is 43.4. The minimum Gasteiger partial charge on any atom is -0.406 e. The molecule has 1 amide bonds. The average molecular weight is 419 g/mol. The molecule has 0 radical (unpaired) electrons. The van der Waals surface area contributed by atoms with Gasteiger partial charge >= 0.3 is 6.36 Å². The SMILES string of the molecule is Cc1cnc(C(=O)N[C@@H](CC2CC2)c2nc3cc(OC(F)(F)F)ccc3n2C)cn1. The van der Waals surface area contributed by atoms with Crippen molar-refractivity contribution in [2.75, 3.05) is 0 Å². The number of alkyl halides is 3. The molecule has 1 aliphatic rings. The third-order valence-corrected chi connectivity index (χ3v) is 5.02. The fraction of sp³-hybridized carbons (Fsp3) is 0.400. The lowest BCUT2D eigenvalue weighted by molar-refractivity contribution is -0.274. The number of aromatic nitrogens is 4. The fourth-order valence-electron chi connectivity index (χ4n) is 3.36. The Morgan fingerprint density at radius 2 is 2.07 bits per heavy atom. The van der Waals surface area contributed by atoms with Gasteiger partial charge in [0.25, 0.3) is 5.91 Å². The molecule has 0 aliphatic heterocycles. The number of nitrogens with zero attached hydrogens (tertiary/aromatic N) is 4. The maximum atomic E-state index is 12.7. The number of hydrogen-bond acceptors (Lipinski definition) is 5. The molecular formula is C20H20F3N5O2. The van der Waals surface area contributed by atoms with Crippen LogP contribution in [0.5, 0.6) is 5.75 Å². The van der Waals surface area contributed by atoms with E-state index in [4.69, 9.17) is 0 Å². The smallest absolute Gasteiger partial charge is 0.406 e. The van der Waals surface area contributed by atoms with Crippen molar-refractivity contribution >= 4 is 16.9 Å². The van der Waals surface area contributed by atoms with Crippen LogP contribution < -0.4 is 10.1 Å². The fourth-order valence-corrected chi connectivity index (χ4v) is 3.36. The molecule has 2 aromatic heterocycles. The molecule has 1 N–H and O–H groups in total. The van der Waals surface area contributed by atoms with Gasteiger partial charge in [-0.1, -0.05) is 12.8 Å². The van der Waals surface area contributed by atoms with E-state index in [0.717, 1.165) is 12.8 Å². The van der Waals surface area contributed by atoms with Crippen LogP contribution in [0.15, 0.2) is 30.6 Å². The molecule has 10 heteroatoms. The molecule has 7 nitrogen and oxygen atoms in total. The van der Waals surface area contributed by atoms with Crippen molar-refractivity contribution in [3.8, 4) is 5.75 Å². The molecule has 3 aromatic rings. The van der Waals surface area contributed by atoms with E-state index in [0.29, 0.717) is 34.9 Å². The first-order valence-electron chi connectivity index (χ1n) is 9.51. The number of fused-ring (bicyclic) bond motifs is 1. The molecule has 1 fully saturated rings. The topological polar surface area (TPSA) is 81.9 Å². The molecule has 30 heavy (non-hydrogen) atoms. The normalized spacial score (nSPS) is 15.2. The Morgan fingerprint density at radius 1 is 1.30 bits per heavy atom. The maximum absolute atomic E-state index is 12.7. The van der Waals surface area contributed by atoms with Gasteiger partial charge in [0, 0.05) is 19.3 Å². The zero-order valence-corrected chi connectivity index (χ0v) is 16.4. The number of ether oxygens (including phenoxy) is 1. The Balaban J connectivity index is 1.63. The van der Waals surface area contributed by atoms with Crippen molar-refractivity contribution in [1.82, 2.24) is 24.8 Å². The van der Waals surface area contributed by atoms with Crippen LogP contribution in [0.3, 0.4) is 0 Å². The maximum Gasteiger partial charge on any atom is 0.573 e. The predicted molar refractivity (Wildman–Crippen MR) is 102 cm³/mol. The molecule has 2 heterocycles. The summed E-state index contributed by atoms with van der Waals surface area (Å²) in [5.41, 5.74) is 1.90. The van der Waals surface area contributed by atoms with Crippen LogP contribution in [-0.2, 0) is 7.05 Å². The molecule has 1 aromatic carbocycles. The largest absolute Gasteiger partial charge is 0.573 e. The van der Waals surface area contributed by atoms with Crippen LogP contribution in [0.1, 0.15) is 47.3 Å². The van der Waals surface area contributed by atoms with E-state index >= 15 is 0 Å². The molecule has 0 bridgehead atoms. The molecule has 0 saturated heterocycles. The van der Waals surface area contributed by atoms with Crippen molar-refractivity contribution in [2.45, 2.75) is 38.6 Å². The number of nitrogens with one attached hydrogen (secondary N) is 1. The first kappa shape index (κ1) is 20.1. The Bertz CT molecular complexity index is 1070. The van der Waals surface area contributed by atoms with Crippen molar-refractivity contribution in [1.29, 1.82) is 0 Å². The number of carbonyl (C=O) groups excluding carboxylic acids is 1. The number of imidazole rings is 1. The summed E-state index contributed by atoms with van der Waals surface area (Å²) in [4.78, 5) is 25.4. The quantitative estimate of drug-likeness (QED) is 0.657. The Kier molecular flexibility index (Phi) is 5.08. The van der Waals surface area contributed by atoms with Crippen LogP contribution in [0.4, 0.5) is 13.2 Å². The van der Waals surface area contributed by atoms with E-state index in [1.807, 2.05) is 0 Å². The summed E-state index contributed by atoms with van der Waals surface area (Å²) in [6.45, 7) is 1.78. The molecule has 0 spiro atoms. The number of amides is 1. The summed E-state index contributed by atoms with van der Waals surface area (Å²) in [6, 6.07) is 3.61. The summed E-state index contributed by atoms with van der Waals surface area (Å²) in [5.74, 6) is 0.330. The van der Waals surface area contributed by atoms with Gasteiger partial charge in [-0.2, -0.15) is 0 Å². The van der Waals surface area contributed by atoms with Gasteiger partial charge in [-0.25, -0.2) is 9.97 Å². The van der Waals surface area contributed by atoms with Gasteiger partial charge in [-0.15, -0.1) is 13.2 Å².